The molecule has 0 radical (unpaired) electrons. The fourth-order valence-corrected chi connectivity index (χ4v) is 5.65. The third-order valence-corrected chi connectivity index (χ3v) is 7.69. The quantitative estimate of drug-likeness (QED) is 0.361. The lowest BCUT2D eigenvalue weighted by Crippen LogP contribution is -2.31. The van der Waals surface area contributed by atoms with E-state index in [0.29, 0.717) is 23.5 Å². The van der Waals surface area contributed by atoms with E-state index >= 15 is 0 Å². The monoisotopic (exact) mass is 469 g/mol. The molecular weight excluding hydrogens is 442 g/mol. The lowest BCUT2D eigenvalue weighted by atomic mass is 10.1. The van der Waals surface area contributed by atoms with Crippen molar-refractivity contribution < 1.29 is 13.2 Å². The van der Waals surface area contributed by atoms with Crippen LogP contribution in [0.4, 0.5) is 5.69 Å². The standard InChI is InChI=1S/C24H27N3O3S2/c1-17-7-9-20(10-8-17)32(29,30)24-19(3)14-18(2)15-21(24)27-16-22(28)25-12-13-31-23-6-4-5-11-26-23/h4-11,14-15,27H,12-13,16H2,1-3H3,(H,25,28). The summed E-state index contributed by atoms with van der Waals surface area (Å²) in [6, 6.07) is 16.1. The molecule has 8 heteroatoms. The molecule has 0 spiro atoms. The minimum absolute atomic E-state index is 0.0203. The summed E-state index contributed by atoms with van der Waals surface area (Å²) in [5.41, 5.74) is 2.97. The SMILES string of the molecule is Cc1ccc(S(=O)(=O)c2c(C)cc(C)cc2NCC(=O)NCCSc2ccccn2)cc1. The summed E-state index contributed by atoms with van der Waals surface area (Å²) in [5.74, 6) is 0.490. The molecule has 0 bridgehead atoms. The van der Waals surface area contributed by atoms with Crippen LogP contribution in [0.15, 0.2) is 75.6 Å². The molecule has 0 saturated carbocycles. The Hall–Kier alpha value is -2.84. The van der Waals surface area contributed by atoms with E-state index in [1.54, 1.807) is 55.2 Å². The molecule has 0 aliphatic rings. The summed E-state index contributed by atoms with van der Waals surface area (Å²) in [5, 5.41) is 6.78. The van der Waals surface area contributed by atoms with Gasteiger partial charge in [-0.2, -0.15) is 0 Å². The number of carbonyl (C=O) groups is 1. The molecule has 6 nitrogen and oxygen atoms in total. The van der Waals surface area contributed by atoms with Crippen LogP contribution in [-0.4, -0.2) is 38.2 Å². The topological polar surface area (TPSA) is 88.2 Å². The van der Waals surface area contributed by atoms with E-state index in [1.807, 2.05) is 38.1 Å². The van der Waals surface area contributed by atoms with E-state index in [-0.39, 0.29) is 22.2 Å². The van der Waals surface area contributed by atoms with Crippen LogP contribution in [0.3, 0.4) is 0 Å². The van der Waals surface area contributed by atoms with E-state index in [0.717, 1.165) is 16.2 Å². The first-order valence-electron chi connectivity index (χ1n) is 10.2. The minimum atomic E-state index is -3.74. The fourth-order valence-electron chi connectivity index (χ4n) is 3.29. The number of thioether (sulfide) groups is 1. The van der Waals surface area contributed by atoms with Crippen molar-refractivity contribution in [2.45, 2.75) is 35.6 Å². The van der Waals surface area contributed by atoms with Crippen LogP contribution in [0.2, 0.25) is 0 Å². The third kappa shape index (κ3) is 6.11. The second-order valence-corrected chi connectivity index (χ2v) is 10.5. The fraction of sp³-hybridized carbons (Fsp3) is 0.250. The Labute approximate surface area is 193 Å². The average molecular weight is 470 g/mol. The number of anilines is 1. The highest BCUT2D eigenvalue weighted by atomic mass is 32.2. The van der Waals surface area contributed by atoms with Crippen molar-refractivity contribution in [2.75, 3.05) is 24.2 Å². The number of amides is 1. The molecule has 3 aromatic rings. The molecule has 2 N–H and O–H groups in total. The van der Waals surface area contributed by atoms with Gasteiger partial charge >= 0.3 is 0 Å². The van der Waals surface area contributed by atoms with Gasteiger partial charge in [0.1, 0.15) is 0 Å². The van der Waals surface area contributed by atoms with Crippen LogP contribution in [0.25, 0.3) is 0 Å². The van der Waals surface area contributed by atoms with E-state index in [4.69, 9.17) is 0 Å². The highest BCUT2D eigenvalue weighted by Crippen LogP contribution is 2.32. The maximum absolute atomic E-state index is 13.3. The summed E-state index contributed by atoms with van der Waals surface area (Å²) in [6.07, 6.45) is 1.73. The average Bonchev–Trinajstić information content (AvgIpc) is 2.75. The molecule has 0 fully saturated rings. The number of nitrogens with zero attached hydrogens (tertiary/aromatic N) is 1. The number of nitrogens with one attached hydrogen (secondary N) is 2. The summed E-state index contributed by atoms with van der Waals surface area (Å²) >= 11 is 1.56. The van der Waals surface area contributed by atoms with Crippen LogP contribution < -0.4 is 10.6 Å². The molecule has 0 aliphatic heterocycles. The van der Waals surface area contributed by atoms with Gasteiger partial charge in [-0.3, -0.25) is 4.79 Å². The number of sulfone groups is 1. The molecule has 1 aromatic heterocycles. The Morgan fingerprint density at radius 3 is 2.44 bits per heavy atom. The van der Waals surface area contributed by atoms with E-state index in [9.17, 15) is 13.2 Å². The van der Waals surface area contributed by atoms with Crippen molar-refractivity contribution in [1.82, 2.24) is 10.3 Å². The minimum Gasteiger partial charge on any atom is -0.375 e. The molecule has 0 atom stereocenters. The summed E-state index contributed by atoms with van der Waals surface area (Å²) in [4.78, 5) is 17.0. The van der Waals surface area contributed by atoms with Gasteiger partial charge in [0.15, 0.2) is 0 Å². The second-order valence-electron chi connectivity index (χ2n) is 7.49. The maximum Gasteiger partial charge on any atom is 0.239 e. The molecule has 1 amide bonds. The number of carbonyl (C=O) groups excluding carboxylic acids is 1. The van der Waals surface area contributed by atoms with Crippen molar-refractivity contribution in [1.29, 1.82) is 0 Å². The van der Waals surface area contributed by atoms with Crippen LogP contribution >= 0.6 is 11.8 Å². The second kappa shape index (κ2) is 10.7. The van der Waals surface area contributed by atoms with Gasteiger partial charge in [-0.25, -0.2) is 13.4 Å². The van der Waals surface area contributed by atoms with E-state index < -0.39 is 9.84 Å². The Bertz CT molecular complexity index is 1180. The number of aryl methyl sites for hydroxylation is 3. The molecule has 1 heterocycles. The lowest BCUT2D eigenvalue weighted by molar-refractivity contribution is -0.119. The maximum atomic E-state index is 13.3. The van der Waals surface area contributed by atoms with E-state index in [2.05, 4.69) is 15.6 Å². The number of pyridine rings is 1. The van der Waals surface area contributed by atoms with Crippen molar-refractivity contribution in [3.05, 3.63) is 77.5 Å². The van der Waals surface area contributed by atoms with Gasteiger partial charge in [0, 0.05) is 18.5 Å². The number of hydrogen-bond acceptors (Lipinski definition) is 6. The van der Waals surface area contributed by atoms with Gasteiger partial charge < -0.3 is 10.6 Å². The molecule has 168 valence electrons. The van der Waals surface area contributed by atoms with Gasteiger partial charge in [-0.1, -0.05) is 29.8 Å². The Balaban J connectivity index is 1.67. The normalized spacial score (nSPS) is 11.2. The molecular formula is C24H27N3O3S2. The van der Waals surface area contributed by atoms with Crippen molar-refractivity contribution >= 4 is 33.2 Å². The highest BCUT2D eigenvalue weighted by molar-refractivity contribution is 7.99. The van der Waals surface area contributed by atoms with Gasteiger partial charge in [0.2, 0.25) is 15.7 Å². The van der Waals surface area contributed by atoms with Crippen molar-refractivity contribution in [3.8, 4) is 0 Å². The molecule has 3 rings (SSSR count). The first-order valence-corrected chi connectivity index (χ1v) is 12.7. The molecule has 0 aliphatic carbocycles. The molecule has 2 aromatic carbocycles. The third-order valence-electron chi connectivity index (χ3n) is 4.77. The Morgan fingerprint density at radius 2 is 1.75 bits per heavy atom. The van der Waals surface area contributed by atoms with Crippen LogP contribution in [0, 0.1) is 20.8 Å². The molecule has 0 saturated heterocycles. The lowest BCUT2D eigenvalue weighted by Gasteiger charge is -2.16. The molecule has 32 heavy (non-hydrogen) atoms. The Kier molecular flexibility index (Phi) is 7.93. The van der Waals surface area contributed by atoms with Crippen LogP contribution in [0.1, 0.15) is 16.7 Å². The first kappa shape index (κ1) is 23.8. The smallest absolute Gasteiger partial charge is 0.239 e. The van der Waals surface area contributed by atoms with Gasteiger partial charge in [-0.15, -0.1) is 11.8 Å². The van der Waals surface area contributed by atoms with Gasteiger partial charge in [-0.05, 0) is 62.2 Å². The summed E-state index contributed by atoms with van der Waals surface area (Å²) in [7, 11) is -3.74. The predicted molar refractivity (Wildman–Crippen MR) is 129 cm³/mol. The highest BCUT2D eigenvalue weighted by Gasteiger charge is 2.24. The largest absolute Gasteiger partial charge is 0.375 e. The zero-order valence-corrected chi connectivity index (χ0v) is 20.0. The van der Waals surface area contributed by atoms with Crippen molar-refractivity contribution in [2.24, 2.45) is 0 Å². The summed E-state index contributed by atoms with van der Waals surface area (Å²) in [6.45, 7) is 6.05. The zero-order chi connectivity index (χ0) is 23.1. The molecule has 0 unspecified atom stereocenters. The number of rotatable bonds is 9. The summed E-state index contributed by atoms with van der Waals surface area (Å²) < 4.78 is 26.7. The Morgan fingerprint density at radius 1 is 1.00 bits per heavy atom. The number of aromatic nitrogens is 1. The first-order chi connectivity index (χ1) is 15.3. The number of hydrogen-bond donors (Lipinski definition) is 2. The van der Waals surface area contributed by atoms with Crippen LogP contribution in [0.5, 0.6) is 0 Å². The van der Waals surface area contributed by atoms with Gasteiger partial charge in [0.25, 0.3) is 0 Å². The predicted octanol–water partition coefficient (Wildman–Crippen LogP) is 4.16. The van der Waals surface area contributed by atoms with Gasteiger partial charge in [0.05, 0.1) is 27.0 Å². The number of benzene rings is 2. The van der Waals surface area contributed by atoms with E-state index in [1.165, 1.54) is 0 Å². The van der Waals surface area contributed by atoms with Crippen molar-refractivity contribution in [3.63, 3.8) is 0 Å². The van der Waals surface area contributed by atoms with Crippen LogP contribution in [-0.2, 0) is 14.6 Å². The zero-order valence-electron chi connectivity index (χ0n) is 18.4.